The van der Waals surface area contributed by atoms with Gasteiger partial charge in [-0.15, -0.1) is 0 Å². The lowest BCUT2D eigenvalue weighted by Crippen LogP contribution is -2.28. The van der Waals surface area contributed by atoms with Crippen molar-refractivity contribution >= 4 is 5.91 Å². The van der Waals surface area contributed by atoms with Crippen LogP contribution < -0.4 is 5.32 Å². The highest BCUT2D eigenvalue weighted by molar-refractivity contribution is 5.94. The molecule has 2 N–H and O–H groups in total. The summed E-state index contributed by atoms with van der Waals surface area (Å²) >= 11 is 0. The lowest BCUT2D eigenvalue weighted by molar-refractivity contribution is 0.0898. The molecule has 1 amide bonds. The first kappa shape index (κ1) is 14.4. The van der Waals surface area contributed by atoms with Gasteiger partial charge in [-0.05, 0) is 24.5 Å². The van der Waals surface area contributed by atoms with Gasteiger partial charge in [0.25, 0.3) is 5.91 Å². The van der Waals surface area contributed by atoms with Crippen LogP contribution in [0.3, 0.4) is 0 Å². The summed E-state index contributed by atoms with van der Waals surface area (Å²) < 4.78 is 5.36. The molecule has 1 rings (SSSR count). The van der Waals surface area contributed by atoms with Crippen LogP contribution in [0.15, 0.2) is 18.3 Å². The molecule has 5 heteroatoms. The second-order valence-corrected chi connectivity index (χ2v) is 4.42. The van der Waals surface area contributed by atoms with Gasteiger partial charge in [0.15, 0.2) is 5.69 Å². The molecule has 0 aromatic carbocycles. The monoisotopic (exact) mass is 252 g/mol. The number of aromatic nitrogens is 1. The highest BCUT2D eigenvalue weighted by Gasteiger charge is 2.10. The number of hydrogen-bond donors (Lipinski definition) is 2. The number of aromatic hydroxyl groups is 1. The first-order chi connectivity index (χ1) is 8.61. The van der Waals surface area contributed by atoms with Crippen LogP contribution in [0.25, 0.3) is 0 Å². The van der Waals surface area contributed by atoms with E-state index in [1.54, 1.807) is 6.07 Å². The van der Waals surface area contributed by atoms with Gasteiger partial charge in [-0.2, -0.15) is 0 Å². The Morgan fingerprint density at radius 1 is 1.50 bits per heavy atom. The van der Waals surface area contributed by atoms with Crippen LogP contribution in [0.4, 0.5) is 0 Å². The number of pyridine rings is 1. The van der Waals surface area contributed by atoms with Gasteiger partial charge < -0.3 is 15.2 Å². The van der Waals surface area contributed by atoms with Crippen LogP contribution in [0, 0.1) is 5.92 Å². The standard InChI is InChI=1S/C13H20N2O3/c1-10(2)5-8-18-9-7-15-13(17)12-11(16)4-3-6-14-12/h3-4,6,10,16H,5,7-9H2,1-2H3,(H,15,17). The summed E-state index contributed by atoms with van der Waals surface area (Å²) in [5.74, 6) is 0.112. The van der Waals surface area contributed by atoms with Gasteiger partial charge in [0, 0.05) is 19.3 Å². The number of carbonyl (C=O) groups excluding carboxylic acids is 1. The fraction of sp³-hybridized carbons (Fsp3) is 0.538. The van der Waals surface area contributed by atoms with Gasteiger partial charge in [-0.1, -0.05) is 13.8 Å². The molecular formula is C13H20N2O3. The molecule has 0 saturated carbocycles. The summed E-state index contributed by atoms with van der Waals surface area (Å²) in [6.07, 6.45) is 2.47. The zero-order chi connectivity index (χ0) is 13.4. The molecule has 0 aliphatic carbocycles. The van der Waals surface area contributed by atoms with Crippen LogP contribution >= 0.6 is 0 Å². The maximum Gasteiger partial charge on any atom is 0.273 e. The Hall–Kier alpha value is -1.62. The minimum atomic E-state index is -0.388. The molecule has 0 aliphatic heterocycles. The molecule has 100 valence electrons. The summed E-state index contributed by atoms with van der Waals surface area (Å²) in [4.78, 5) is 15.4. The molecule has 0 spiro atoms. The van der Waals surface area contributed by atoms with Crippen molar-refractivity contribution in [2.45, 2.75) is 20.3 Å². The Kier molecular flexibility index (Phi) is 6.14. The van der Waals surface area contributed by atoms with E-state index in [9.17, 15) is 9.90 Å². The SMILES string of the molecule is CC(C)CCOCCNC(=O)c1ncccc1O. The van der Waals surface area contributed by atoms with E-state index in [1.165, 1.54) is 12.3 Å². The molecule has 0 aliphatic rings. The lowest BCUT2D eigenvalue weighted by Gasteiger charge is -2.08. The van der Waals surface area contributed by atoms with E-state index in [1.807, 2.05) is 0 Å². The van der Waals surface area contributed by atoms with Crippen LogP contribution in [-0.4, -0.2) is 35.8 Å². The summed E-state index contributed by atoms with van der Waals surface area (Å²) in [7, 11) is 0. The minimum absolute atomic E-state index is 0.0414. The van der Waals surface area contributed by atoms with Crippen molar-refractivity contribution in [3.05, 3.63) is 24.0 Å². The first-order valence-corrected chi connectivity index (χ1v) is 6.11. The molecule has 0 fully saturated rings. The first-order valence-electron chi connectivity index (χ1n) is 6.11. The van der Waals surface area contributed by atoms with E-state index in [-0.39, 0.29) is 17.4 Å². The van der Waals surface area contributed by atoms with Crippen molar-refractivity contribution in [1.82, 2.24) is 10.3 Å². The van der Waals surface area contributed by atoms with Gasteiger partial charge in [-0.25, -0.2) is 4.98 Å². The van der Waals surface area contributed by atoms with E-state index >= 15 is 0 Å². The molecular weight excluding hydrogens is 232 g/mol. The molecule has 0 bridgehead atoms. The number of nitrogens with one attached hydrogen (secondary N) is 1. The Bertz CT molecular complexity index is 380. The Morgan fingerprint density at radius 3 is 2.94 bits per heavy atom. The zero-order valence-electron chi connectivity index (χ0n) is 10.8. The average Bonchev–Trinajstić information content (AvgIpc) is 2.33. The molecule has 18 heavy (non-hydrogen) atoms. The van der Waals surface area contributed by atoms with Gasteiger partial charge in [0.05, 0.1) is 6.61 Å². The quantitative estimate of drug-likeness (QED) is 0.723. The van der Waals surface area contributed by atoms with Gasteiger partial charge in [0.2, 0.25) is 0 Å². The second kappa shape index (κ2) is 7.66. The third-order valence-electron chi connectivity index (χ3n) is 2.37. The van der Waals surface area contributed by atoms with Gasteiger partial charge >= 0.3 is 0 Å². The molecule has 0 radical (unpaired) electrons. The largest absolute Gasteiger partial charge is 0.505 e. The molecule has 1 aromatic heterocycles. The second-order valence-electron chi connectivity index (χ2n) is 4.42. The predicted octanol–water partition coefficient (Wildman–Crippen LogP) is 1.58. The molecule has 5 nitrogen and oxygen atoms in total. The van der Waals surface area contributed by atoms with Crippen LogP contribution in [0.1, 0.15) is 30.8 Å². The Balaban J connectivity index is 2.20. The van der Waals surface area contributed by atoms with E-state index < -0.39 is 0 Å². The van der Waals surface area contributed by atoms with Crippen molar-refractivity contribution in [2.24, 2.45) is 5.92 Å². The van der Waals surface area contributed by atoms with E-state index in [0.29, 0.717) is 25.7 Å². The van der Waals surface area contributed by atoms with Crippen LogP contribution in [-0.2, 0) is 4.74 Å². The third-order valence-corrected chi connectivity index (χ3v) is 2.37. The number of rotatable bonds is 7. The highest BCUT2D eigenvalue weighted by Crippen LogP contribution is 2.11. The maximum absolute atomic E-state index is 11.6. The molecule has 0 unspecified atom stereocenters. The van der Waals surface area contributed by atoms with E-state index in [2.05, 4.69) is 24.1 Å². The van der Waals surface area contributed by atoms with Crippen molar-refractivity contribution in [2.75, 3.05) is 19.8 Å². The Labute approximate surface area is 107 Å². The summed E-state index contributed by atoms with van der Waals surface area (Å²) in [5, 5.41) is 12.1. The normalized spacial score (nSPS) is 10.6. The molecule has 1 aromatic rings. The molecule has 0 atom stereocenters. The van der Waals surface area contributed by atoms with Crippen LogP contribution in [0.5, 0.6) is 5.75 Å². The fourth-order valence-electron chi connectivity index (χ4n) is 1.31. The summed E-state index contributed by atoms with van der Waals surface area (Å²) in [5.41, 5.74) is 0.0414. The predicted molar refractivity (Wildman–Crippen MR) is 68.5 cm³/mol. The maximum atomic E-state index is 11.6. The minimum Gasteiger partial charge on any atom is -0.505 e. The lowest BCUT2D eigenvalue weighted by atomic mass is 10.1. The fourth-order valence-corrected chi connectivity index (χ4v) is 1.31. The molecule has 1 heterocycles. The topological polar surface area (TPSA) is 71.5 Å². The number of carbonyl (C=O) groups is 1. The molecule has 0 saturated heterocycles. The smallest absolute Gasteiger partial charge is 0.273 e. The van der Waals surface area contributed by atoms with Crippen molar-refractivity contribution in [1.29, 1.82) is 0 Å². The zero-order valence-corrected chi connectivity index (χ0v) is 10.8. The van der Waals surface area contributed by atoms with Gasteiger partial charge in [-0.3, -0.25) is 4.79 Å². The summed E-state index contributed by atoms with van der Waals surface area (Å²) in [6.45, 7) is 5.84. The average molecular weight is 252 g/mol. The van der Waals surface area contributed by atoms with E-state index in [0.717, 1.165) is 6.42 Å². The van der Waals surface area contributed by atoms with Crippen LogP contribution in [0.2, 0.25) is 0 Å². The number of nitrogens with zero attached hydrogens (tertiary/aromatic N) is 1. The van der Waals surface area contributed by atoms with Crippen molar-refractivity contribution in [3.63, 3.8) is 0 Å². The van der Waals surface area contributed by atoms with E-state index in [4.69, 9.17) is 4.74 Å². The number of hydrogen-bond acceptors (Lipinski definition) is 4. The Morgan fingerprint density at radius 2 is 2.28 bits per heavy atom. The van der Waals surface area contributed by atoms with Crippen molar-refractivity contribution < 1.29 is 14.6 Å². The third kappa shape index (κ3) is 5.14. The van der Waals surface area contributed by atoms with Gasteiger partial charge in [0.1, 0.15) is 5.75 Å². The van der Waals surface area contributed by atoms with Crippen molar-refractivity contribution in [3.8, 4) is 5.75 Å². The summed E-state index contributed by atoms with van der Waals surface area (Å²) in [6, 6.07) is 3.00. The number of amides is 1. The number of ether oxygens (including phenoxy) is 1. The highest BCUT2D eigenvalue weighted by atomic mass is 16.5.